The topological polar surface area (TPSA) is 122 Å². The van der Waals surface area contributed by atoms with E-state index in [1.807, 2.05) is 0 Å². The predicted octanol–water partition coefficient (Wildman–Crippen LogP) is 3.45. The van der Waals surface area contributed by atoms with Crippen LogP contribution in [0.1, 0.15) is 12.0 Å². The van der Waals surface area contributed by atoms with Gasteiger partial charge in [-0.15, -0.1) is 0 Å². The highest BCUT2D eigenvalue weighted by Gasteiger charge is 2.14. The second-order valence-electron chi connectivity index (χ2n) is 6.93. The number of nitrogens with one attached hydrogen (secondary N) is 2. The summed E-state index contributed by atoms with van der Waals surface area (Å²) in [6.07, 6.45) is 1.32. The zero-order chi connectivity index (χ0) is 22.4. The van der Waals surface area contributed by atoms with Gasteiger partial charge in [-0.1, -0.05) is 42.5 Å². The monoisotopic (exact) mass is 437 g/mol. The zero-order valence-electron chi connectivity index (χ0n) is 17.0. The third-order valence-corrected chi connectivity index (χ3v) is 5.66. The minimum atomic E-state index is -3.35. The Kier molecular flexibility index (Phi) is 6.71. The number of hydrogen-bond donors (Lipinski definition) is 3. The second kappa shape index (κ2) is 9.44. The molecule has 0 bridgehead atoms. The van der Waals surface area contributed by atoms with E-state index in [1.54, 1.807) is 72.8 Å². The lowest BCUT2D eigenvalue weighted by atomic mass is 10.1. The summed E-state index contributed by atoms with van der Waals surface area (Å²) in [6, 6.07) is 20.6. The van der Waals surface area contributed by atoms with E-state index in [0.29, 0.717) is 22.6 Å². The summed E-state index contributed by atoms with van der Waals surface area (Å²) < 4.78 is 29.6. The van der Waals surface area contributed by atoms with Crippen LogP contribution in [0.15, 0.2) is 77.7 Å². The van der Waals surface area contributed by atoms with Crippen molar-refractivity contribution in [3.05, 3.63) is 78.4 Å². The van der Waals surface area contributed by atoms with Crippen LogP contribution in [-0.2, 0) is 14.6 Å². The van der Waals surface area contributed by atoms with Crippen LogP contribution in [0.4, 0.5) is 5.69 Å². The van der Waals surface area contributed by atoms with Gasteiger partial charge in [0.25, 0.3) is 0 Å². The minimum absolute atomic E-state index is 0.0502. The molecular weight excluding hydrogens is 414 g/mol. The number of rotatable bonds is 8. The van der Waals surface area contributed by atoms with E-state index in [0.717, 1.165) is 5.56 Å². The average molecular weight is 438 g/mol. The first-order chi connectivity index (χ1) is 14.7. The van der Waals surface area contributed by atoms with Crippen molar-refractivity contribution in [2.45, 2.75) is 11.3 Å². The third-order valence-electron chi connectivity index (χ3n) is 4.51. The van der Waals surface area contributed by atoms with Crippen molar-refractivity contribution in [3.63, 3.8) is 0 Å². The molecule has 0 aliphatic heterocycles. The van der Waals surface area contributed by atoms with Crippen molar-refractivity contribution in [1.82, 2.24) is 0 Å². The number of carbonyl (C=O) groups excluding carboxylic acids is 1. The number of anilines is 1. The Morgan fingerprint density at radius 1 is 1.03 bits per heavy atom. The maximum Gasteiger partial charge on any atom is 0.227 e. The van der Waals surface area contributed by atoms with Crippen molar-refractivity contribution < 1.29 is 17.9 Å². The molecule has 3 aromatic carbocycles. The fourth-order valence-corrected chi connectivity index (χ4v) is 3.91. The Hall–Kier alpha value is -3.65. The molecule has 0 aromatic heterocycles. The van der Waals surface area contributed by atoms with Crippen molar-refractivity contribution >= 4 is 27.3 Å². The molecule has 3 rings (SSSR count). The summed E-state index contributed by atoms with van der Waals surface area (Å²) in [4.78, 5) is 12.5. The maximum absolute atomic E-state index is 12.2. The SMILES string of the molecule is CS(=O)(=O)c1ccccc1-c1ccc(NC(=O)CCOc2cccc(C(=N)N)c2)cc1. The molecule has 0 heterocycles. The van der Waals surface area contributed by atoms with E-state index in [4.69, 9.17) is 15.9 Å². The first kappa shape index (κ1) is 22.0. The first-order valence-corrected chi connectivity index (χ1v) is 11.4. The van der Waals surface area contributed by atoms with E-state index in [9.17, 15) is 13.2 Å². The summed E-state index contributed by atoms with van der Waals surface area (Å²) in [5, 5.41) is 10.2. The molecule has 0 saturated carbocycles. The van der Waals surface area contributed by atoms with E-state index < -0.39 is 9.84 Å². The lowest BCUT2D eigenvalue weighted by Crippen LogP contribution is -2.15. The van der Waals surface area contributed by atoms with Gasteiger partial charge < -0.3 is 15.8 Å². The maximum atomic E-state index is 12.2. The van der Waals surface area contributed by atoms with Gasteiger partial charge in [0.2, 0.25) is 5.91 Å². The Morgan fingerprint density at radius 2 is 1.74 bits per heavy atom. The van der Waals surface area contributed by atoms with Crippen molar-refractivity contribution in [2.75, 3.05) is 18.2 Å². The lowest BCUT2D eigenvalue weighted by Gasteiger charge is -2.10. The zero-order valence-corrected chi connectivity index (χ0v) is 17.8. The Morgan fingerprint density at radius 3 is 2.42 bits per heavy atom. The predicted molar refractivity (Wildman–Crippen MR) is 121 cm³/mol. The molecule has 8 heteroatoms. The quantitative estimate of drug-likeness (QED) is 0.368. The van der Waals surface area contributed by atoms with Gasteiger partial charge in [0, 0.05) is 23.1 Å². The minimum Gasteiger partial charge on any atom is -0.493 e. The Labute approximate surface area is 181 Å². The summed E-state index contributed by atoms with van der Waals surface area (Å²) in [6.45, 7) is 0.174. The van der Waals surface area contributed by atoms with Crippen molar-refractivity contribution in [2.24, 2.45) is 5.73 Å². The molecule has 0 unspecified atom stereocenters. The van der Waals surface area contributed by atoms with E-state index in [-0.39, 0.29) is 29.7 Å². The molecule has 160 valence electrons. The van der Waals surface area contributed by atoms with Crippen LogP contribution in [0.5, 0.6) is 5.75 Å². The largest absolute Gasteiger partial charge is 0.493 e. The average Bonchev–Trinajstić information content (AvgIpc) is 2.74. The molecule has 0 fully saturated rings. The summed E-state index contributed by atoms with van der Waals surface area (Å²) in [5.74, 6) is 0.271. The van der Waals surface area contributed by atoms with Crippen LogP contribution in [0, 0.1) is 5.41 Å². The van der Waals surface area contributed by atoms with E-state index in [1.165, 1.54) is 6.26 Å². The normalized spacial score (nSPS) is 11.0. The number of ether oxygens (including phenoxy) is 1. The van der Waals surface area contributed by atoms with E-state index >= 15 is 0 Å². The molecule has 0 aliphatic carbocycles. The van der Waals surface area contributed by atoms with Crippen molar-refractivity contribution in [3.8, 4) is 16.9 Å². The molecule has 1 amide bonds. The van der Waals surface area contributed by atoms with Gasteiger partial charge in [-0.2, -0.15) is 0 Å². The standard InChI is InChI=1S/C23H23N3O4S/c1-31(28,29)21-8-3-2-7-20(21)16-9-11-18(12-10-16)26-22(27)13-14-30-19-6-4-5-17(15-19)23(24)25/h2-12,15H,13-14H2,1H3,(H3,24,25)(H,26,27). The van der Waals surface area contributed by atoms with Crippen molar-refractivity contribution in [1.29, 1.82) is 5.41 Å². The number of amides is 1. The first-order valence-electron chi connectivity index (χ1n) is 9.50. The third kappa shape index (κ3) is 5.93. The molecule has 0 spiro atoms. The molecule has 0 atom stereocenters. The fraction of sp³-hybridized carbons (Fsp3) is 0.130. The van der Waals surface area contributed by atoms with Crippen LogP contribution in [0.2, 0.25) is 0 Å². The molecular formula is C23H23N3O4S. The smallest absolute Gasteiger partial charge is 0.227 e. The molecule has 0 saturated heterocycles. The lowest BCUT2D eigenvalue weighted by molar-refractivity contribution is -0.116. The summed E-state index contributed by atoms with van der Waals surface area (Å²) in [7, 11) is -3.35. The molecule has 31 heavy (non-hydrogen) atoms. The number of carbonyl (C=O) groups is 1. The van der Waals surface area contributed by atoms with Crippen LogP contribution in [0.3, 0.4) is 0 Å². The number of nitrogen functional groups attached to an aromatic ring is 1. The number of hydrogen-bond acceptors (Lipinski definition) is 5. The number of sulfone groups is 1. The second-order valence-corrected chi connectivity index (χ2v) is 8.92. The van der Waals surface area contributed by atoms with Gasteiger partial charge in [0.05, 0.1) is 17.9 Å². The summed E-state index contributed by atoms with van der Waals surface area (Å²) in [5.41, 5.74) is 7.97. The molecule has 7 nitrogen and oxygen atoms in total. The number of amidine groups is 1. The van der Waals surface area contributed by atoms with Crippen LogP contribution in [-0.4, -0.2) is 33.0 Å². The van der Waals surface area contributed by atoms with Gasteiger partial charge in [0.1, 0.15) is 11.6 Å². The Bertz CT molecular complexity index is 1210. The molecule has 4 N–H and O–H groups in total. The van der Waals surface area contributed by atoms with Crippen LogP contribution in [0.25, 0.3) is 11.1 Å². The highest BCUT2D eigenvalue weighted by molar-refractivity contribution is 7.90. The van der Waals surface area contributed by atoms with Gasteiger partial charge >= 0.3 is 0 Å². The van der Waals surface area contributed by atoms with Crippen LogP contribution >= 0.6 is 0 Å². The summed E-state index contributed by atoms with van der Waals surface area (Å²) >= 11 is 0. The van der Waals surface area contributed by atoms with Gasteiger partial charge in [0.15, 0.2) is 9.84 Å². The highest BCUT2D eigenvalue weighted by atomic mass is 32.2. The van der Waals surface area contributed by atoms with Crippen LogP contribution < -0.4 is 15.8 Å². The van der Waals surface area contributed by atoms with Gasteiger partial charge in [-0.05, 0) is 35.9 Å². The molecule has 0 aliphatic rings. The molecule has 3 aromatic rings. The number of benzene rings is 3. The van der Waals surface area contributed by atoms with E-state index in [2.05, 4.69) is 5.32 Å². The molecule has 0 radical (unpaired) electrons. The van der Waals surface area contributed by atoms with Gasteiger partial charge in [-0.3, -0.25) is 10.2 Å². The fourth-order valence-electron chi connectivity index (χ4n) is 3.00. The Balaban J connectivity index is 1.59. The number of nitrogens with two attached hydrogens (primary N) is 1. The highest BCUT2D eigenvalue weighted by Crippen LogP contribution is 2.28. The van der Waals surface area contributed by atoms with Gasteiger partial charge in [-0.25, -0.2) is 8.42 Å².